The van der Waals surface area contributed by atoms with Crippen molar-refractivity contribution >= 4 is 11.6 Å². The predicted octanol–water partition coefficient (Wildman–Crippen LogP) is 2.69. The minimum Gasteiger partial charge on any atom is -0.392 e. The zero-order valence-corrected chi connectivity index (χ0v) is 22.7. The maximum atomic E-state index is 12.9. The average molecular weight is 542 g/mol. The van der Waals surface area contributed by atoms with Crippen LogP contribution < -0.4 is 10.6 Å². The third-order valence-corrected chi connectivity index (χ3v) is 7.16. The zero-order valence-electron chi connectivity index (χ0n) is 22.7. The SMILES string of the molecule is CCc1cnccc1CNC(=O)c1cccc(NCc2nnc(-c3ccncn3)n2CCN2CCCC(O)C2)c1. The number of likely N-dealkylation sites (tertiary alicyclic amines) is 1. The van der Waals surface area contributed by atoms with Gasteiger partial charge in [0.25, 0.3) is 5.91 Å². The molecule has 0 aliphatic carbocycles. The molecular formula is C29H35N9O2. The number of rotatable bonds is 11. The molecule has 1 aliphatic heterocycles. The molecule has 11 nitrogen and oxygen atoms in total. The van der Waals surface area contributed by atoms with Crippen LogP contribution in [0.3, 0.4) is 0 Å². The zero-order chi connectivity index (χ0) is 27.7. The van der Waals surface area contributed by atoms with Gasteiger partial charge in [0.2, 0.25) is 0 Å². The number of nitrogens with zero attached hydrogens (tertiary/aromatic N) is 7. The molecule has 0 radical (unpaired) electrons. The highest BCUT2D eigenvalue weighted by atomic mass is 16.3. The van der Waals surface area contributed by atoms with Gasteiger partial charge >= 0.3 is 0 Å². The predicted molar refractivity (Wildman–Crippen MR) is 151 cm³/mol. The van der Waals surface area contributed by atoms with E-state index in [0.717, 1.165) is 55.0 Å². The van der Waals surface area contributed by atoms with Crippen molar-refractivity contribution in [1.29, 1.82) is 0 Å². The Morgan fingerprint density at radius 3 is 2.80 bits per heavy atom. The highest BCUT2D eigenvalue weighted by Gasteiger charge is 2.20. The number of hydrogen-bond acceptors (Lipinski definition) is 9. The van der Waals surface area contributed by atoms with Crippen LogP contribution in [0.5, 0.6) is 0 Å². The summed E-state index contributed by atoms with van der Waals surface area (Å²) in [5, 5.41) is 25.4. The number of β-amino-alcohol motifs (C(OH)–C–C–N with tert-alkyl or cyclic N) is 1. The van der Waals surface area contributed by atoms with Crippen LogP contribution >= 0.6 is 0 Å². The van der Waals surface area contributed by atoms with E-state index in [9.17, 15) is 9.90 Å². The van der Waals surface area contributed by atoms with Crippen molar-refractivity contribution in [2.24, 2.45) is 0 Å². The molecule has 40 heavy (non-hydrogen) atoms. The van der Waals surface area contributed by atoms with E-state index in [1.165, 1.54) is 6.33 Å². The molecule has 0 bridgehead atoms. The van der Waals surface area contributed by atoms with Crippen LogP contribution in [0.2, 0.25) is 0 Å². The highest BCUT2D eigenvalue weighted by molar-refractivity contribution is 5.95. The van der Waals surface area contributed by atoms with Crippen molar-refractivity contribution in [2.75, 3.05) is 25.0 Å². The number of anilines is 1. The van der Waals surface area contributed by atoms with Crippen LogP contribution in [0.15, 0.2) is 61.3 Å². The molecular weight excluding hydrogens is 506 g/mol. The van der Waals surface area contributed by atoms with E-state index in [4.69, 9.17) is 0 Å². The lowest BCUT2D eigenvalue weighted by Gasteiger charge is -2.30. The van der Waals surface area contributed by atoms with Crippen LogP contribution in [-0.4, -0.2) is 71.4 Å². The average Bonchev–Trinajstić information content (AvgIpc) is 3.41. The largest absolute Gasteiger partial charge is 0.392 e. The lowest BCUT2D eigenvalue weighted by molar-refractivity contribution is 0.0688. The Labute approximate surface area is 233 Å². The molecule has 208 valence electrons. The van der Waals surface area contributed by atoms with Crippen molar-refractivity contribution < 1.29 is 9.90 Å². The normalized spacial score (nSPS) is 15.6. The van der Waals surface area contributed by atoms with Crippen molar-refractivity contribution in [2.45, 2.75) is 51.9 Å². The van der Waals surface area contributed by atoms with E-state index >= 15 is 0 Å². The summed E-state index contributed by atoms with van der Waals surface area (Å²) in [7, 11) is 0. The van der Waals surface area contributed by atoms with Gasteiger partial charge in [-0.15, -0.1) is 10.2 Å². The molecule has 11 heteroatoms. The van der Waals surface area contributed by atoms with E-state index in [1.54, 1.807) is 18.5 Å². The Hall–Kier alpha value is -4.22. The first-order valence-corrected chi connectivity index (χ1v) is 13.7. The number of aromatic nitrogens is 6. The second-order valence-corrected chi connectivity index (χ2v) is 9.90. The fourth-order valence-electron chi connectivity index (χ4n) is 4.96. The van der Waals surface area contributed by atoms with Gasteiger partial charge in [0.1, 0.15) is 12.0 Å². The van der Waals surface area contributed by atoms with E-state index in [2.05, 4.69) is 52.2 Å². The molecule has 1 fully saturated rings. The molecule has 3 N–H and O–H groups in total. The molecule has 4 heterocycles. The summed E-state index contributed by atoms with van der Waals surface area (Å²) in [6, 6.07) is 11.2. The minimum absolute atomic E-state index is 0.138. The number of nitrogens with one attached hydrogen (secondary N) is 2. The third-order valence-electron chi connectivity index (χ3n) is 7.16. The van der Waals surface area contributed by atoms with Crippen LogP contribution in [0.25, 0.3) is 11.5 Å². The summed E-state index contributed by atoms with van der Waals surface area (Å²) in [4.78, 5) is 27.7. The van der Waals surface area contributed by atoms with Crippen LogP contribution in [0, 0.1) is 0 Å². The molecule has 3 aromatic heterocycles. The van der Waals surface area contributed by atoms with E-state index < -0.39 is 0 Å². The number of aliphatic hydroxyl groups excluding tert-OH is 1. The fourth-order valence-corrected chi connectivity index (χ4v) is 4.96. The van der Waals surface area contributed by atoms with E-state index in [-0.39, 0.29) is 12.0 Å². The Bertz CT molecular complexity index is 1410. The molecule has 1 aliphatic rings. The minimum atomic E-state index is -0.278. The van der Waals surface area contributed by atoms with E-state index in [0.29, 0.717) is 43.3 Å². The maximum Gasteiger partial charge on any atom is 0.251 e. The summed E-state index contributed by atoms with van der Waals surface area (Å²) in [5.74, 6) is 1.29. The quantitative estimate of drug-likeness (QED) is 0.262. The van der Waals surface area contributed by atoms with Gasteiger partial charge in [-0.05, 0) is 67.3 Å². The highest BCUT2D eigenvalue weighted by Crippen LogP contribution is 2.19. The summed E-state index contributed by atoms with van der Waals surface area (Å²) < 4.78 is 2.06. The summed E-state index contributed by atoms with van der Waals surface area (Å²) in [6.45, 7) is 6.01. The number of benzene rings is 1. The first-order chi connectivity index (χ1) is 19.6. The molecule has 5 rings (SSSR count). The van der Waals surface area contributed by atoms with Gasteiger partial charge in [0.05, 0.1) is 12.6 Å². The number of piperidine rings is 1. The van der Waals surface area contributed by atoms with E-state index in [1.807, 2.05) is 36.5 Å². The number of carbonyl (C=O) groups is 1. The molecule has 0 spiro atoms. The van der Waals surface area contributed by atoms with Crippen molar-refractivity contribution in [3.63, 3.8) is 0 Å². The summed E-state index contributed by atoms with van der Waals surface area (Å²) >= 11 is 0. The number of amides is 1. The monoisotopic (exact) mass is 541 g/mol. The molecule has 1 saturated heterocycles. The second-order valence-electron chi connectivity index (χ2n) is 9.90. The first kappa shape index (κ1) is 27.4. The van der Waals surface area contributed by atoms with Crippen LogP contribution in [0.1, 0.15) is 47.1 Å². The van der Waals surface area contributed by atoms with Gasteiger partial charge in [-0.25, -0.2) is 9.97 Å². The molecule has 4 aromatic rings. The number of hydrogen-bond donors (Lipinski definition) is 3. The van der Waals surface area contributed by atoms with Gasteiger partial charge in [-0.3, -0.25) is 14.7 Å². The van der Waals surface area contributed by atoms with Crippen molar-refractivity contribution in [3.05, 3.63) is 83.8 Å². The fraction of sp³-hybridized carbons (Fsp3) is 0.379. The number of carbonyl (C=O) groups excluding carboxylic acids is 1. The first-order valence-electron chi connectivity index (χ1n) is 13.7. The van der Waals surface area contributed by atoms with Gasteiger partial charge in [0.15, 0.2) is 11.6 Å². The number of aryl methyl sites for hydroxylation is 1. The molecule has 1 unspecified atom stereocenters. The van der Waals surface area contributed by atoms with Gasteiger partial charge in [-0.1, -0.05) is 13.0 Å². The maximum absolute atomic E-state index is 12.9. The Balaban J connectivity index is 1.26. The summed E-state index contributed by atoms with van der Waals surface area (Å²) in [6.07, 6.45) is 9.21. The molecule has 1 amide bonds. The van der Waals surface area contributed by atoms with Crippen molar-refractivity contribution in [3.8, 4) is 11.5 Å². The number of pyridine rings is 1. The van der Waals surface area contributed by atoms with Crippen molar-refractivity contribution in [1.82, 2.24) is 39.9 Å². The smallest absolute Gasteiger partial charge is 0.251 e. The van der Waals surface area contributed by atoms with Crippen LogP contribution in [0.4, 0.5) is 5.69 Å². The Kier molecular flexibility index (Phi) is 9.04. The molecule has 0 saturated carbocycles. The standard InChI is InChI=1S/C29H35N9O2/c1-2-21-16-30-10-8-23(21)17-33-29(40)22-5-3-6-24(15-22)32-18-27-35-36-28(26-9-11-31-20-34-26)38(27)14-13-37-12-4-7-25(39)19-37/h3,5-6,8-11,15-16,20,25,32,39H,2,4,7,12-14,17-19H2,1H3,(H,33,40). The van der Waals surface area contributed by atoms with Gasteiger partial charge in [-0.2, -0.15) is 0 Å². The summed E-state index contributed by atoms with van der Waals surface area (Å²) in [5.41, 5.74) is 4.27. The lowest BCUT2D eigenvalue weighted by atomic mass is 10.1. The number of aliphatic hydroxyl groups is 1. The second kappa shape index (κ2) is 13.2. The van der Waals surface area contributed by atoms with Gasteiger partial charge < -0.3 is 20.3 Å². The topological polar surface area (TPSA) is 134 Å². The molecule has 1 aromatic carbocycles. The Morgan fingerprint density at radius 1 is 1.07 bits per heavy atom. The Morgan fingerprint density at radius 2 is 1.98 bits per heavy atom. The third kappa shape index (κ3) is 6.85. The van der Waals surface area contributed by atoms with Crippen LogP contribution in [-0.2, 0) is 26.1 Å². The lowest BCUT2D eigenvalue weighted by Crippen LogP contribution is -2.40. The van der Waals surface area contributed by atoms with Gasteiger partial charge in [0, 0.05) is 56.0 Å². The molecule has 1 atom stereocenters.